The van der Waals surface area contributed by atoms with Gasteiger partial charge in [0.25, 0.3) is 0 Å². The van der Waals surface area contributed by atoms with Crippen LogP contribution in [0.2, 0.25) is 0 Å². The molecule has 2 fully saturated rings. The van der Waals surface area contributed by atoms with Crippen LogP contribution >= 0.6 is 0 Å². The molecule has 3 rings (SSSR count). The average Bonchev–Trinajstić information content (AvgIpc) is 2.76. The number of hydrogen-bond donors (Lipinski definition) is 1. The van der Waals surface area contributed by atoms with Gasteiger partial charge in [0.1, 0.15) is 0 Å². The molecule has 0 aliphatic heterocycles. The molecule has 3 aliphatic rings. The predicted octanol–water partition coefficient (Wildman–Crippen LogP) is 1.92. The molecule has 2 heteroatoms. The van der Waals surface area contributed by atoms with Crippen molar-refractivity contribution in [1.29, 1.82) is 0 Å². The van der Waals surface area contributed by atoms with Crippen LogP contribution in [0.25, 0.3) is 0 Å². The molecule has 2 nitrogen and oxygen atoms in total. The van der Waals surface area contributed by atoms with Gasteiger partial charge in [-0.05, 0) is 42.9 Å². The lowest BCUT2D eigenvalue weighted by Crippen LogP contribution is -2.12. The van der Waals surface area contributed by atoms with E-state index in [1.807, 2.05) is 0 Å². The van der Waals surface area contributed by atoms with Crippen molar-refractivity contribution < 1.29 is 9.90 Å². The van der Waals surface area contributed by atoms with E-state index >= 15 is 0 Å². The van der Waals surface area contributed by atoms with Crippen molar-refractivity contribution in [3.05, 3.63) is 12.2 Å². The Morgan fingerprint density at radius 3 is 2.08 bits per heavy atom. The molecular weight excluding hydrogens is 164 g/mol. The van der Waals surface area contributed by atoms with E-state index in [2.05, 4.69) is 12.2 Å². The molecule has 3 aliphatic carbocycles. The van der Waals surface area contributed by atoms with Gasteiger partial charge in [0.15, 0.2) is 0 Å². The minimum atomic E-state index is -0.575. The van der Waals surface area contributed by atoms with Crippen LogP contribution in [-0.2, 0) is 4.79 Å². The molecule has 5 atom stereocenters. The topological polar surface area (TPSA) is 37.3 Å². The van der Waals surface area contributed by atoms with E-state index in [1.54, 1.807) is 0 Å². The molecule has 0 saturated heterocycles. The van der Waals surface area contributed by atoms with Gasteiger partial charge in [0, 0.05) is 0 Å². The molecule has 2 saturated carbocycles. The summed E-state index contributed by atoms with van der Waals surface area (Å²) in [5.41, 5.74) is 0. The van der Waals surface area contributed by atoms with E-state index in [0.717, 1.165) is 24.7 Å². The summed E-state index contributed by atoms with van der Waals surface area (Å²) in [5, 5.41) is 8.94. The molecule has 0 aromatic rings. The van der Waals surface area contributed by atoms with Gasteiger partial charge in [0.2, 0.25) is 0 Å². The quantitative estimate of drug-likeness (QED) is 0.623. The number of carbonyl (C=O) groups is 1. The summed E-state index contributed by atoms with van der Waals surface area (Å²) in [6.07, 6.45) is 7.81. The van der Waals surface area contributed by atoms with Crippen molar-refractivity contribution in [3.63, 3.8) is 0 Å². The lowest BCUT2D eigenvalue weighted by atomic mass is 9.86. The molecule has 13 heavy (non-hydrogen) atoms. The minimum absolute atomic E-state index is 0.0415. The molecule has 70 valence electrons. The van der Waals surface area contributed by atoms with Gasteiger partial charge in [0.05, 0.1) is 5.92 Å². The fourth-order valence-corrected chi connectivity index (χ4v) is 3.68. The molecular formula is C11H14O2. The second-order valence-corrected chi connectivity index (χ2v) is 4.78. The first-order valence-corrected chi connectivity index (χ1v) is 5.17. The van der Waals surface area contributed by atoms with E-state index in [9.17, 15) is 4.79 Å². The standard InChI is InChI=1S/C11H14O2/c12-11(13)8-4-9-6-1-2-7(3-6)10(9)5-8/h1-2,6-10H,3-5H2,(H,12,13)/t6-,7+,8?,9-,10+. The van der Waals surface area contributed by atoms with Crippen LogP contribution < -0.4 is 0 Å². The van der Waals surface area contributed by atoms with Crippen LogP contribution in [0.4, 0.5) is 0 Å². The Kier molecular flexibility index (Phi) is 1.38. The predicted molar refractivity (Wildman–Crippen MR) is 48.1 cm³/mol. The maximum Gasteiger partial charge on any atom is 0.306 e. The van der Waals surface area contributed by atoms with Gasteiger partial charge < -0.3 is 5.11 Å². The van der Waals surface area contributed by atoms with Crippen LogP contribution in [0.1, 0.15) is 19.3 Å². The zero-order valence-corrected chi connectivity index (χ0v) is 7.52. The number of rotatable bonds is 1. The molecule has 0 spiro atoms. The second-order valence-electron chi connectivity index (χ2n) is 4.78. The van der Waals surface area contributed by atoms with Gasteiger partial charge in [-0.25, -0.2) is 0 Å². The number of fused-ring (bicyclic) bond motifs is 5. The number of allylic oxidation sites excluding steroid dienone is 2. The molecule has 2 bridgehead atoms. The monoisotopic (exact) mass is 178 g/mol. The highest BCUT2D eigenvalue weighted by Crippen LogP contribution is 2.56. The van der Waals surface area contributed by atoms with Crippen molar-refractivity contribution in [2.45, 2.75) is 19.3 Å². The summed E-state index contributed by atoms with van der Waals surface area (Å²) in [7, 11) is 0. The fraction of sp³-hybridized carbons (Fsp3) is 0.727. The Balaban J connectivity index is 1.82. The SMILES string of the molecule is O=C(O)C1C[C@@H]2[C@H](C1)[C@@H]1C=C[C@H]2C1. The van der Waals surface area contributed by atoms with Crippen LogP contribution in [0.3, 0.4) is 0 Å². The van der Waals surface area contributed by atoms with E-state index < -0.39 is 5.97 Å². The van der Waals surface area contributed by atoms with E-state index in [1.165, 1.54) is 6.42 Å². The number of carboxylic acids is 1. The van der Waals surface area contributed by atoms with Crippen molar-refractivity contribution in [2.75, 3.05) is 0 Å². The van der Waals surface area contributed by atoms with Crippen LogP contribution in [-0.4, -0.2) is 11.1 Å². The van der Waals surface area contributed by atoms with Crippen LogP contribution in [0, 0.1) is 29.6 Å². The second kappa shape index (κ2) is 2.37. The van der Waals surface area contributed by atoms with Gasteiger partial charge in [-0.3, -0.25) is 4.79 Å². The Morgan fingerprint density at radius 2 is 1.62 bits per heavy atom. The van der Waals surface area contributed by atoms with Gasteiger partial charge in [-0.15, -0.1) is 0 Å². The first kappa shape index (κ1) is 7.60. The first-order chi connectivity index (χ1) is 6.25. The fourth-order valence-electron chi connectivity index (χ4n) is 3.68. The highest BCUT2D eigenvalue weighted by molar-refractivity contribution is 5.70. The molecule has 0 amide bonds. The lowest BCUT2D eigenvalue weighted by molar-refractivity contribution is -0.141. The molecule has 0 aromatic carbocycles. The molecule has 1 unspecified atom stereocenters. The summed E-state index contributed by atoms with van der Waals surface area (Å²) < 4.78 is 0. The van der Waals surface area contributed by atoms with E-state index in [-0.39, 0.29) is 5.92 Å². The summed E-state index contributed by atoms with van der Waals surface area (Å²) in [6.45, 7) is 0. The third kappa shape index (κ3) is 0.917. The number of carboxylic acid groups (broad SMARTS) is 1. The smallest absolute Gasteiger partial charge is 0.306 e. The van der Waals surface area contributed by atoms with Gasteiger partial charge in [-0.1, -0.05) is 12.2 Å². The largest absolute Gasteiger partial charge is 0.481 e. The highest BCUT2D eigenvalue weighted by atomic mass is 16.4. The molecule has 0 aromatic heterocycles. The summed E-state index contributed by atoms with van der Waals surface area (Å²) >= 11 is 0. The Morgan fingerprint density at radius 1 is 1.08 bits per heavy atom. The summed E-state index contributed by atoms with van der Waals surface area (Å²) in [4.78, 5) is 10.8. The molecule has 0 heterocycles. The van der Waals surface area contributed by atoms with Crippen molar-refractivity contribution in [3.8, 4) is 0 Å². The van der Waals surface area contributed by atoms with Crippen molar-refractivity contribution >= 4 is 5.97 Å². The van der Waals surface area contributed by atoms with Crippen molar-refractivity contribution in [1.82, 2.24) is 0 Å². The van der Waals surface area contributed by atoms with Crippen LogP contribution in [0.5, 0.6) is 0 Å². The maximum absolute atomic E-state index is 10.8. The third-order valence-corrected chi connectivity index (χ3v) is 4.26. The van der Waals surface area contributed by atoms with Gasteiger partial charge in [-0.2, -0.15) is 0 Å². The van der Waals surface area contributed by atoms with E-state index in [4.69, 9.17) is 5.11 Å². The Bertz CT molecular complexity index is 262. The number of hydrogen-bond acceptors (Lipinski definition) is 1. The van der Waals surface area contributed by atoms with E-state index in [0.29, 0.717) is 11.8 Å². The highest BCUT2D eigenvalue weighted by Gasteiger charge is 2.50. The zero-order chi connectivity index (χ0) is 9.00. The summed E-state index contributed by atoms with van der Waals surface area (Å²) in [5.74, 6) is 2.24. The zero-order valence-electron chi connectivity index (χ0n) is 7.52. The van der Waals surface area contributed by atoms with Crippen molar-refractivity contribution in [2.24, 2.45) is 29.6 Å². The van der Waals surface area contributed by atoms with Crippen LogP contribution in [0.15, 0.2) is 12.2 Å². The lowest BCUT2D eigenvalue weighted by Gasteiger charge is -2.18. The first-order valence-electron chi connectivity index (χ1n) is 5.17. The Labute approximate surface area is 77.6 Å². The maximum atomic E-state index is 10.8. The Hall–Kier alpha value is -0.790. The third-order valence-electron chi connectivity index (χ3n) is 4.26. The normalized spacial score (nSPS) is 51.2. The molecule has 0 radical (unpaired) electrons. The average molecular weight is 178 g/mol. The minimum Gasteiger partial charge on any atom is -0.481 e. The number of aliphatic carboxylic acids is 1. The van der Waals surface area contributed by atoms with Gasteiger partial charge >= 0.3 is 5.97 Å². The summed E-state index contributed by atoms with van der Waals surface area (Å²) in [6, 6.07) is 0. The molecule has 1 N–H and O–H groups in total.